The van der Waals surface area contributed by atoms with Crippen LogP contribution in [0.2, 0.25) is 0 Å². The van der Waals surface area contributed by atoms with Crippen LogP contribution in [-0.2, 0) is 0 Å². The van der Waals surface area contributed by atoms with E-state index in [4.69, 9.17) is 0 Å². The fourth-order valence-electron chi connectivity index (χ4n) is 3.34. The molecule has 0 amide bonds. The maximum atomic E-state index is 13.1. The number of carbonyl (C=O) groups is 2. The van der Waals surface area contributed by atoms with Gasteiger partial charge in [0.05, 0.1) is 16.1 Å². The van der Waals surface area contributed by atoms with Crippen LogP contribution in [0.25, 0.3) is 21.8 Å². The van der Waals surface area contributed by atoms with E-state index < -0.39 is 0 Å². The second-order valence-electron chi connectivity index (χ2n) is 6.01. The quantitative estimate of drug-likeness (QED) is 0.467. The first-order valence-electron chi connectivity index (χ1n) is 8.16. The Kier molecular flexibility index (Phi) is 3.23. The van der Waals surface area contributed by atoms with E-state index >= 15 is 0 Å². The summed E-state index contributed by atoms with van der Waals surface area (Å²) >= 11 is 1.50. The molecule has 124 valence electrons. The van der Waals surface area contributed by atoms with Gasteiger partial charge in [0.15, 0.2) is 5.78 Å². The fraction of sp³-hybridized carbons (Fsp3) is 0. The zero-order valence-electron chi connectivity index (χ0n) is 13.5. The van der Waals surface area contributed by atoms with Gasteiger partial charge in [-0.15, -0.1) is 11.3 Å². The second kappa shape index (κ2) is 5.61. The molecule has 0 aliphatic heterocycles. The van der Waals surface area contributed by atoms with Crippen molar-refractivity contribution in [3.05, 3.63) is 88.8 Å². The molecule has 4 aromatic rings. The Bertz CT molecular complexity index is 1160. The van der Waals surface area contributed by atoms with Gasteiger partial charge in [0.1, 0.15) is 5.69 Å². The van der Waals surface area contributed by atoms with Gasteiger partial charge in [-0.3, -0.25) is 9.59 Å². The van der Waals surface area contributed by atoms with Crippen molar-refractivity contribution >= 4 is 23.0 Å². The van der Waals surface area contributed by atoms with Crippen LogP contribution in [0.1, 0.15) is 26.3 Å². The van der Waals surface area contributed by atoms with Gasteiger partial charge in [0, 0.05) is 16.7 Å². The zero-order chi connectivity index (χ0) is 17.7. The minimum atomic E-state index is -0.242. The number of thiophene rings is 1. The molecule has 5 rings (SSSR count). The molecule has 1 aliphatic carbocycles. The van der Waals surface area contributed by atoms with Crippen LogP contribution < -0.4 is 0 Å². The van der Waals surface area contributed by atoms with E-state index in [9.17, 15) is 9.59 Å². The fourth-order valence-corrected chi connectivity index (χ4v) is 4.06. The molecule has 0 fully saturated rings. The maximum absolute atomic E-state index is 13.1. The van der Waals surface area contributed by atoms with Gasteiger partial charge >= 0.3 is 0 Å². The van der Waals surface area contributed by atoms with E-state index in [2.05, 4.69) is 5.10 Å². The van der Waals surface area contributed by atoms with E-state index in [1.165, 1.54) is 16.0 Å². The molecule has 4 nitrogen and oxygen atoms in total. The number of fused-ring (bicyclic) bond motifs is 3. The predicted molar refractivity (Wildman–Crippen MR) is 101 cm³/mol. The summed E-state index contributed by atoms with van der Waals surface area (Å²) in [7, 11) is 0. The predicted octanol–water partition coefficient (Wildman–Crippen LogP) is 4.51. The third-order valence-corrected chi connectivity index (χ3v) is 5.38. The van der Waals surface area contributed by atoms with Gasteiger partial charge in [0.2, 0.25) is 0 Å². The standard InChI is InChI=1S/C21H12N2O2S/c24-20-15-10-5-4-9-14(15)19-17(20)18(16-11-6-12-26-16)22-23(19)21(25)13-7-2-1-3-8-13/h1-12H. The van der Waals surface area contributed by atoms with Gasteiger partial charge in [-0.1, -0.05) is 48.5 Å². The Balaban J connectivity index is 1.80. The molecule has 1 aliphatic rings. The zero-order valence-corrected chi connectivity index (χ0v) is 14.4. The molecular formula is C21H12N2O2S. The monoisotopic (exact) mass is 356 g/mol. The van der Waals surface area contributed by atoms with Crippen molar-refractivity contribution in [2.45, 2.75) is 0 Å². The summed E-state index contributed by atoms with van der Waals surface area (Å²) in [6, 6.07) is 20.2. The molecule has 2 heterocycles. The summed E-state index contributed by atoms with van der Waals surface area (Å²) in [5.41, 5.74) is 3.58. The number of ketones is 1. The van der Waals surface area contributed by atoms with Crippen LogP contribution in [0.5, 0.6) is 0 Å². The summed E-state index contributed by atoms with van der Waals surface area (Å²) in [5, 5.41) is 6.49. The number of hydrogen-bond donors (Lipinski definition) is 0. The average Bonchev–Trinajstić information content (AvgIpc) is 3.40. The van der Waals surface area contributed by atoms with E-state index in [0.29, 0.717) is 28.1 Å². The van der Waals surface area contributed by atoms with E-state index in [1.807, 2.05) is 53.9 Å². The van der Waals surface area contributed by atoms with Crippen molar-refractivity contribution in [2.75, 3.05) is 0 Å². The van der Waals surface area contributed by atoms with Crippen molar-refractivity contribution < 1.29 is 9.59 Å². The highest BCUT2D eigenvalue weighted by atomic mass is 32.1. The minimum Gasteiger partial charge on any atom is -0.288 e. The third-order valence-electron chi connectivity index (χ3n) is 4.51. The van der Waals surface area contributed by atoms with Gasteiger partial charge in [-0.25, -0.2) is 0 Å². The van der Waals surface area contributed by atoms with Crippen LogP contribution >= 0.6 is 11.3 Å². The van der Waals surface area contributed by atoms with E-state index in [0.717, 1.165) is 10.4 Å². The number of hydrogen-bond acceptors (Lipinski definition) is 4. The lowest BCUT2D eigenvalue weighted by Crippen LogP contribution is -2.14. The van der Waals surface area contributed by atoms with Crippen LogP contribution in [-0.4, -0.2) is 21.5 Å². The molecule has 5 heteroatoms. The molecule has 0 bridgehead atoms. The first kappa shape index (κ1) is 15.0. The SMILES string of the molecule is O=C1c2ccccc2-c2c1c(-c1cccs1)nn2C(=O)c1ccccc1. The maximum Gasteiger partial charge on any atom is 0.278 e. The van der Waals surface area contributed by atoms with Crippen molar-refractivity contribution in [1.29, 1.82) is 0 Å². The summed E-state index contributed by atoms with van der Waals surface area (Å²) in [6.45, 7) is 0. The molecule has 0 saturated heterocycles. The molecule has 2 aromatic heterocycles. The highest BCUT2D eigenvalue weighted by Gasteiger charge is 2.36. The topological polar surface area (TPSA) is 52.0 Å². The van der Waals surface area contributed by atoms with Crippen molar-refractivity contribution in [3.8, 4) is 21.8 Å². The van der Waals surface area contributed by atoms with E-state index in [1.54, 1.807) is 18.2 Å². The number of aromatic nitrogens is 2. The Morgan fingerprint density at radius 3 is 2.35 bits per heavy atom. The molecular weight excluding hydrogens is 344 g/mol. The van der Waals surface area contributed by atoms with Crippen LogP contribution in [0.15, 0.2) is 72.1 Å². The second-order valence-corrected chi connectivity index (χ2v) is 6.95. The van der Waals surface area contributed by atoms with Crippen molar-refractivity contribution in [1.82, 2.24) is 9.78 Å². The Morgan fingerprint density at radius 2 is 1.62 bits per heavy atom. The molecule has 26 heavy (non-hydrogen) atoms. The van der Waals surface area contributed by atoms with Crippen molar-refractivity contribution in [3.63, 3.8) is 0 Å². The van der Waals surface area contributed by atoms with Gasteiger partial charge in [0.25, 0.3) is 5.91 Å². The first-order chi connectivity index (χ1) is 12.8. The summed E-state index contributed by atoms with van der Waals surface area (Å²) < 4.78 is 1.38. The Hall–Kier alpha value is -3.31. The summed E-state index contributed by atoms with van der Waals surface area (Å²) in [4.78, 5) is 27.0. The lowest BCUT2D eigenvalue weighted by molar-refractivity contribution is 0.0947. The van der Waals surface area contributed by atoms with Crippen LogP contribution in [0.3, 0.4) is 0 Å². The third kappa shape index (κ3) is 2.04. The highest BCUT2D eigenvalue weighted by molar-refractivity contribution is 7.13. The van der Waals surface area contributed by atoms with Crippen LogP contribution in [0, 0.1) is 0 Å². The molecule has 0 unspecified atom stereocenters. The number of benzene rings is 2. The minimum absolute atomic E-state index is 0.0777. The molecule has 0 atom stereocenters. The number of nitrogens with zero attached hydrogens (tertiary/aromatic N) is 2. The normalized spacial score (nSPS) is 12.1. The largest absolute Gasteiger partial charge is 0.288 e. The van der Waals surface area contributed by atoms with Crippen LogP contribution in [0.4, 0.5) is 0 Å². The van der Waals surface area contributed by atoms with Gasteiger partial charge in [-0.2, -0.15) is 9.78 Å². The van der Waals surface area contributed by atoms with E-state index in [-0.39, 0.29) is 11.7 Å². The molecule has 0 spiro atoms. The summed E-state index contributed by atoms with van der Waals surface area (Å²) in [6.07, 6.45) is 0. The van der Waals surface area contributed by atoms with Gasteiger partial charge < -0.3 is 0 Å². The average molecular weight is 356 g/mol. The lowest BCUT2D eigenvalue weighted by Gasteiger charge is -2.05. The smallest absolute Gasteiger partial charge is 0.278 e. The lowest BCUT2D eigenvalue weighted by atomic mass is 10.1. The van der Waals surface area contributed by atoms with Crippen molar-refractivity contribution in [2.24, 2.45) is 0 Å². The Labute approximate surface area is 153 Å². The number of carbonyl (C=O) groups excluding carboxylic acids is 2. The Morgan fingerprint density at radius 1 is 0.885 bits per heavy atom. The summed E-state index contributed by atoms with van der Waals surface area (Å²) in [5.74, 6) is -0.319. The van der Waals surface area contributed by atoms with Gasteiger partial charge in [-0.05, 0) is 23.6 Å². The molecule has 0 N–H and O–H groups in total. The highest BCUT2D eigenvalue weighted by Crippen LogP contribution is 2.42. The molecule has 0 radical (unpaired) electrons. The number of rotatable bonds is 2. The first-order valence-corrected chi connectivity index (χ1v) is 9.04. The molecule has 0 saturated carbocycles. The molecule has 2 aromatic carbocycles.